The summed E-state index contributed by atoms with van der Waals surface area (Å²) in [4.78, 5) is 40.8. The van der Waals surface area contributed by atoms with Gasteiger partial charge in [0.2, 0.25) is 5.91 Å². The van der Waals surface area contributed by atoms with E-state index in [-0.39, 0.29) is 17.9 Å². The van der Waals surface area contributed by atoms with Crippen LogP contribution in [0.1, 0.15) is 12.0 Å². The Labute approximate surface area is 146 Å². The number of rotatable bonds is 4. The van der Waals surface area contributed by atoms with Gasteiger partial charge in [0.25, 0.3) is 0 Å². The quantitative estimate of drug-likeness (QED) is 0.886. The summed E-state index contributed by atoms with van der Waals surface area (Å²) < 4.78 is 0. The van der Waals surface area contributed by atoms with E-state index in [4.69, 9.17) is 5.11 Å². The molecule has 25 heavy (non-hydrogen) atoms. The average Bonchev–Trinajstić information content (AvgIpc) is 3.42. The summed E-state index contributed by atoms with van der Waals surface area (Å²) in [6.45, 7) is 2.43. The van der Waals surface area contributed by atoms with E-state index in [1.807, 2.05) is 30.3 Å². The minimum atomic E-state index is -0.894. The van der Waals surface area contributed by atoms with Gasteiger partial charge in [0.15, 0.2) is 0 Å². The van der Waals surface area contributed by atoms with Gasteiger partial charge in [-0.25, -0.2) is 4.79 Å². The van der Waals surface area contributed by atoms with Gasteiger partial charge in [0.05, 0.1) is 11.8 Å². The van der Waals surface area contributed by atoms with Gasteiger partial charge in [-0.15, -0.1) is 0 Å². The molecule has 134 valence electrons. The van der Waals surface area contributed by atoms with Gasteiger partial charge in [-0.2, -0.15) is 0 Å². The standard InChI is InChI=1S/C18H23N3O4/c1-19(12-13-5-3-2-4-6-13)18(25)21-9-7-20(8-10-21)16(22)14-11-15(14)17(23)24/h2-6,14-15H,7-12H2,1H3,(H,23,24). The summed E-state index contributed by atoms with van der Waals surface area (Å²) in [5.74, 6) is -1.88. The van der Waals surface area contributed by atoms with Crippen LogP contribution in [-0.4, -0.2) is 70.9 Å². The topological polar surface area (TPSA) is 81.2 Å². The van der Waals surface area contributed by atoms with E-state index in [2.05, 4.69) is 0 Å². The van der Waals surface area contributed by atoms with Gasteiger partial charge in [-0.05, 0) is 12.0 Å². The van der Waals surface area contributed by atoms with Gasteiger partial charge in [0, 0.05) is 39.8 Å². The van der Waals surface area contributed by atoms with Crippen molar-refractivity contribution in [3.63, 3.8) is 0 Å². The lowest BCUT2D eigenvalue weighted by Crippen LogP contribution is -2.53. The zero-order chi connectivity index (χ0) is 18.0. The number of hydrogen-bond acceptors (Lipinski definition) is 3. The van der Waals surface area contributed by atoms with Crippen molar-refractivity contribution in [2.45, 2.75) is 13.0 Å². The smallest absolute Gasteiger partial charge is 0.320 e. The van der Waals surface area contributed by atoms with Crippen LogP contribution in [0.3, 0.4) is 0 Å². The first-order valence-corrected chi connectivity index (χ1v) is 8.53. The van der Waals surface area contributed by atoms with E-state index < -0.39 is 11.9 Å². The van der Waals surface area contributed by atoms with E-state index in [1.165, 1.54) is 0 Å². The zero-order valence-corrected chi connectivity index (χ0v) is 14.3. The number of carboxylic acids is 1. The van der Waals surface area contributed by atoms with Crippen molar-refractivity contribution in [3.05, 3.63) is 35.9 Å². The Morgan fingerprint density at radius 3 is 2.20 bits per heavy atom. The number of piperazine rings is 1. The maximum atomic E-state index is 12.5. The maximum Gasteiger partial charge on any atom is 0.320 e. The van der Waals surface area contributed by atoms with Crippen molar-refractivity contribution in [3.8, 4) is 0 Å². The van der Waals surface area contributed by atoms with Crippen molar-refractivity contribution >= 4 is 17.9 Å². The lowest BCUT2D eigenvalue weighted by molar-refractivity contribution is -0.142. The molecule has 7 heteroatoms. The van der Waals surface area contributed by atoms with E-state index in [0.717, 1.165) is 5.56 Å². The molecule has 1 saturated heterocycles. The molecule has 0 spiro atoms. The number of carbonyl (C=O) groups is 3. The highest BCUT2D eigenvalue weighted by atomic mass is 16.4. The highest BCUT2D eigenvalue weighted by Gasteiger charge is 2.50. The van der Waals surface area contributed by atoms with Crippen LogP contribution in [-0.2, 0) is 16.1 Å². The van der Waals surface area contributed by atoms with E-state index in [1.54, 1.807) is 21.7 Å². The Balaban J connectivity index is 1.47. The van der Waals surface area contributed by atoms with E-state index in [0.29, 0.717) is 39.1 Å². The molecule has 1 aliphatic carbocycles. The molecule has 0 bridgehead atoms. The molecule has 1 aromatic carbocycles. The van der Waals surface area contributed by atoms with Gasteiger partial charge in [-0.1, -0.05) is 30.3 Å². The third-order valence-electron chi connectivity index (χ3n) is 4.88. The number of hydrogen-bond donors (Lipinski definition) is 1. The molecular formula is C18H23N3O4. The monoisotopic (exact) mass is 345 g/mol. The molecular weight excluding hydrogens is 322 g/mol. The third-order valence-corrected chi connectivity index (χ3v) is 4.88. The van der Waals surface area contributed by atoms with Crippen LogP contribution in [0, 0.1) is 11.8 Å². The van der Waals surface area contributed by atoms with Gasteiger partial charge in [0.1, 0.15) is 0 Å². The van der Waals surface area contributed by atoms with Gasteiger partial charge < -0.3 is 19.8 Å². The Kier molecular flexibility index (Phi) is 4.92. The van der Waals surface area contributed by atoms with Crippen LogP contribution in [0.2, 0.25) is 0 Å². The molecule has 2 aliphatic rings. The minimum Gasteiger partial charge on any atom is -0.481 e. The Bertz CT molecular complexity index is 656. The largest absolute Gasteiger partial charge is 0.481 e. The molecule has 1 saturated carbocycles. The van der Waals surface area contributed by atoms with Crippen LogP contribution in [0.5, 0.6) is 0 Å². The zero-order valence-electron chi connectivity index (χ0n) is 14.3. The second kappa shape index (κ2) is 7.13. The molecule has 2 unspecified atom stereocenters. The number of amides is 3. The fourth-order valence-electron chi connectivity index (χ4n) is 3.26. The molecule has 2 fully saturated rings. The van der Waals surface area contributed by atoms with Gasteiger partial charge >= 0.3 is 12.0 Å². The van der Waals surface area contributed by atoms with E-state index in [9.17, 15) is 14.4 Å². The maximum absolute atomic E-state index is 12.5. The van der Waals surface area contributed by atoms with Crippen molar-refractivity contribution in [1.29, 1.82) is 0 Å². The second-order valence-corrected chi connectivity index (χ2v) is 6.72. The lowest BCUT2D eigenvalue weighted by Gasteiger charge is -2.36. The molecule has 0 aromatic heterocycles. The third kappa shape index (κ3) is 3.92. The normalized spacial score (nSPS) is 22.4. The fourth-order valence-corrected chi connectivity index (χ4v) is 3.26. The average molecular weight is 345 g/mol. The molecule has 0 radical (unpaired) electrons. The molecule has 3 amide bonds. The van der Waals surface area contributed by atoms with Gasteiger partial charge in [-0.3, -0.25) is 9.59 Å². The Hall–Kier alpha value is -2.57. The highest BCUT2D eigenvalue weighted by molar-refractivity contribution is 5.89. The molecule has 1 aliphatic heterocycles. The minimum absolute atomic E-state index is 0.0502. The summed E-state index contributed by atoms with van der Waals surface area (Å²) in [5.41, 5.74) is 1.07. The Morgan fingerprint density at radius 1 is 1.04 bits per heavy atom. The molecule has 2 atom stereocenters. The van der Waals surface area contributed by atoms with Crippen LogP contribution in [0.4, 0.5) is 4.79 Å². The fraction of sp³-hybridized carbons (Fsp3) is 0.500. The van der Waals surface area contributed by atoms with Crippen molar-refractivity contribution in [1.82, 2.24) is 14.7 Å². The number of carboxylic acid groups (broad SMARTS) is 1. The van der Waals surface area contributed by atoms with Crippen molar-refractivity contribution in [2.24, 2.45) is 11.8 Å². The molecule has 1 heterocycles. The second-order valence-electron chi connectivity index (χ2n) is 6.72. The first-order valence-electron chi connectivity index (χ1n) is 8.53. The summed E-state index contributed by atoms with van der Waals surface area (Å²) in [6, 6.07) is 9.74. The number of carbonyl (C=O) groups excluding carboxylic acids is 2. The molecule has 1 N–H and O–H groups in total. The predicted octanol–water partition coefficient (Wildman–Crippen LogP) is 1.10. The number of nitrogens with zero attached hydrogens (tertiary/aromatic N) is 3. The first kappa shape index (κ1) is 17.3. The first-order chi connectivity index (χ1) is 12.0. The van der Waals surface area contributed by atoms with E-state index >= 15 is 0 Å². The van der Waals surface area contributed by atoms with Crippen LogP contribution < -0.4 is 0 Å². The molecule has 1 aromatic rings. The van der Waals surface area contributed by atoms with Crippen molar-refractivity contribution < 1.29 is 19.5 Å². The lowest BCUT2D eigenvalue weighted by atomic mass is 10.2. The predicted molar refractivity (Wildman–Crippen MR) is 90.7 cm³/mol. The molecule has 7 nitrogen and oxygen atoms in total. The van der Waals surface area contributed by atoms with Crippen LogP contribution in [0.15, 0.2) is 30.3 Å². The summed E-state index contributed by atoms with van der Waals surface area (Å²) in [7, 11) is 1.77. The summed E-state index contributed by atoms with van der Waals surface area (Å²) >= 11 is 0. The number of aliphatic carboxylic acids is 1. The molecule has 3 rings (SSSR count). The van der Waals surface area contributed by atoms with Crippen LogP contribution >= 0.6 is 0 Å². The summed E-state index contributed by atoms with van der Waals surface area (Å²) in [6.07, 6.45) is 0.438. The Morgan fingerprint density at radius 2 is 1.64 bits per heavy atom. The SMILES string of the molecule is CN(Cc1ccccc1)C(=O)N1CCN(C(=O)C2CC2C(=O)O)CC1. The highest BCUT2D eigenvalue weighted by Crippen LogP contribution is 2.40. The summed E-state index contributed by atoms with van der Waals surface area (Å²) in [5, 5.41) is 8.94. The number of urea groups is 1. The van der Waals surface area contributed by atoms with Crippen molar-refractivity contribution in [2.75, 3.05) is 33.2 Å². The van der Waals surface area contributed by atoms with Crippen LogP contribution in [0.25, 0.3) is 0 Å². The number of benzene rings is 1.